The van der Waals surface area contributed by atoms with Crippen molar-refractivity contribution < 1.29 is 14.3 Å². The third-order valence-electron chi connectivity index (χ3n) is 5.73. The molecule has 5 rings (SSSR count). The number of hydrogen-bond acceptors (Lipinski definition) is 9. The van der Waals surface area contributed by atoms with Gasteiger partial charge in [0.2, 0.25) is 4.96 Å². The van der Waals surface area contributed by atoms with Gasteiger partial charge in [0.1, 0.15) is 11.5 Å². The average Bonchev–Trinajstić information content (AvgIpc) is 3.55. The zero-order valence-electron chi connectivity index (χ0n) is 19.3. The number of anilines is 1. The number of rotatable bonds is 6. The van der Waals surface area contributed by atoms with Crippen LogP contribution in [0.4, 0.5) is 10.5 Å². The molecule has 0 radical (unpaired) electrons. The standard InChI is InChI=1S/C23H24N6O4S2/c1-32-16-5-6-17(18(13-16)33-2)25-22(31)28-9-7-27(8-10-28)14-15-12-20(30)29-23(24-15)35-21(26-29)19-4-3-11-34-19/h3-6,11-13H,7-10,14H2,1-2H3,(H,25,31). The van der Waals surface area contributed by atoms with Crippen LogP contribution in [0, 0.1) is 0 Å². The van der Waals surface area contributed by atoms with E-state index in [0.717, 1.165) is 9.88 Å². The molecule has 0 aliphatic carbocycles. The highest BCUT2D eigenvalue weighted by molar-refractivity contribution is 7.23. The van der Waals surface area contributed by atoms with Crippen LogP contribution in [0.15, 0.2) is 46.6 Å². The van der Waals surface area contributed by atoms with Crippen molar-refractivity contribution in [2.45, 2.75) is 6.54 Å². The number of amides is 2. The molecule has 0 atom stereocenters. The Bertz CT molecular complexity index is 1390. The second kappa shape index (κ2) is 10.0. The van der Waals surface area contributed by atoms with Crippen molar-refractivity contribution in [2.75, 3.05) is 45.7 Å². The van der Waals surface area contributed by atoms with Crippen LogP contribution in [-0.4, -0.2) is 70.8 Å². The molecule has 4 aromatic rings. The van der Waals surface area contributed by atoms with Gasteiger partial charge in [0.15, 0.2) is 5.01 Å². The Kier molecular flexibility index (Phi) is 6.66. The predicted molar refractivity (Wildman–Crippen MR) is 136 cm³/mol. The lowest BCUT2D eigenvalue weighted by Crippen LogP contribution is -2.49. The fourth-order valence-corrected chi connectivity index (χ4v) is 5.59. The maximum absolute atomic E-state index is 12.8. The summed E-state index contributed by atoms with van der Waals surface area (Å²) in [6, 6.07) is 10.6. The van der Waals surface area contributed by atoms with E-state index in [1.165, 1.54) is 15.9 Å². The van der Waals surface area contributed by atoms with Gasteiger partial charge in [-0.2, -0.15) is 9.61 Å². The van der Waals surface area contributed by atoms with Gasteiger partial charge in [0.05, 0.1) is 30.5 Å². The molecule has 0 bridgehead atoms. The first-order valence-electron chi connectivity index (χ1n) is 11.0. The normalized spacial score (nSPS) is 14.3. The number of carbonyl (C=O) groups excluding carboxylic acids is 1. The third-order valence-corrected chi connectivity index (χ3v) is 7.67. The lowest BCUT2D eigenvalue weighted by atomic mass is 10.2. The van der Waals surface area contributed by atoms with Crippen molar-refractivity contribution in [3.05, 3.63) is 57.8 Å². The minimum Gasteiger partial charge on any atom is -0.497 e. The highest BCUT2D eigenvalue weighted by Gasteiger charge is 2.23. The van der Waals surface area contributed by atoms with Crippen LogP contribution in [0.3, 0.4) is 0 Å². The molecule has 1 fully saturated rings. The largest absolute Gasteiger partial charge is 0.497 e. The van der Waals surface area contributed by atoms with Gasteiger partial charge >= 0.3 is 6.03 Å². The van der Waals surface area contributed by atoms with Crippen molar-refractivity contribution in [3.63, 3.8) is 0 Å². The van der Waals surface area contributed by atoms with E-state index in [1.54, 1.807) is 54.7 Å². The van der Waals surface area contributed by atoms with Gasteiger partial charge in [0, 0.05) is 44.9 Å². The van der Waals surface area contributed by atoms with Crippen LogP contribution >= 0.6 is 22.7 Å². The molecule has 1 aliphatic rings. The number of thiophene rings is 1. The number of methoxy groups -OCH3 is 2. The van der Waals surface area contributed by atoms with Gasteiger partial charge in [-0.15, -0.1) is 11.3 Å². The molecule has 12 heteroatoms. The summed E-state index contributed by atoms with van der Waals surface area (Å²) in [5, 5.41) is 10.1. The van der Waals surface area contributed by atoms with Crippen molar-refractivity contribution in [1.82, 2.24) is 24.4 Å². The number of fused-ring (bicyclic) bond motifs is 1. The van der Waals surface area contributed by atoms with E-state index in [2.05, 4.69) is 20.3 Å². The first-order chi connectivity index (χ1) is 17.0. The summed E-state index contributed by atoms with van der Waals surface area (Å²) in [6.07, 6.45) is 0. The molecule has 1 saturated heterocycles. The molecule has 1 aliphatic heterocycles. The van der Waals surface area contributed by atoms with E-state index in [0.29, 0.717) is 60.6 Å². The molecule has 0 spiro atoms. The number of benzene rings is 1. The van der Waals surface area contributed by atoms with Gasteiger partial charge < -0.3 is 19.7 Å². The number of nitrogens with one attached hydrogen (secondary N) is 1. The summed E-state index contributed by atoms with van der Waals surface area (Å²) in [6.45, 7) is 3.03. The number of ether oxygens (including phenoxy) is 2. The number of piperazine rings is 1. The molecule has 182 valence electrons. The summed E-state index contributed by atoms with van der Waals surface area (Å²) in [5.41, 5.74) is 1.11. The van der Waals surface area contributed by atoms with E-state index in [-0.39, 0.29) is 11.6 Å². The first kappa shape index (κ1) is 23.3. The maximum atomic E-state index is 12.8. The van der Waals surface area contributed by atoms with Crippen molar-refractivity contribution in [3.8, 4) is 21.4 Å². The Hall–Kier alpha value is -3.48. The summed E-state index contributed by atoms with van der Waals surface area (Å²) in [5.74, 6) is 1.19. The summed E-state index contributed by atoms with van der Waals surface area (Å²) < 4.78 is 11.9. The third kappa shape index (κ3) is 4.99. The highest BCUT2D eigenvalue weighted by atomic mass is 32.1. The molecule has 0 unspecified atom stereocenters. The number of urea groups is 1. The Labute approximate surface area is 209 Å². The minimum absolute atomic E-state index is 0.184. The van der Waals surface area contributed by atoms with E-state index in [4.69, 9.17) is 9.47 Å². The molecule has 1 N–H and O–H groups in total. The monoisotopic (exact) mass is 512 g/mol. The molecule has 4 heterocycles. The minimum atomic E-state index is -0.185. The van der Waals surface area contributed by atoms with Gasteiger partial charge in [-0.3, -0.25) is 9.69 Å². The van der Waals surface area contributed by atoms with Crippen LogP contribution < -0.4 is 20.3 Å². The van der Waals surface area contributed by atoms with Crippen LogP contribution in [0.2, 0.25) is 0 Å². The average molecular weight is 513 g/mol. The molecular formula is C23H24N6O4S2. The van der Waals surface area contributed by atoms with E-state index in [9.17, 15) is 9.59 Å². The summed E-state index contributed by atoms with van der Waals surface area (Å²) in [4.78, 5) is 35.6. The fourth-order valence-electron chi connectivity index (χ4n) is 3.87. The lowest BCUT2D eigenvalue weighted by Gasteiger charge is -2.34. The lowest BCUT2D eigenvalue weighted by molar-refractivity contribution is 0.142. The highest BCUT2D eigenvalue weighted by Crippen LogP contribution is 2.30. The number of hydrogen-bond donors (Lipinski definition) is 1. The predicted octanol–water partition coefficient (Wildman–Crippen LogP) is 3.25. The Balaban J connectivity index is 1.21. The Morgan fingerprint density at radius 3 is 2.66 bits per heavy atom. The molecule has 3 aromatic heterocycles. The zero-order chi connectivity index (χ0) is 24.4. The summed E-state index contributed by atoms with van der Waals surface area (Å²) in [7, 11) is 3.13. The molecule has 0 saturated carbocycles. The molecule has 35 heavy (non-hydrogen) atoms. The van der Waals surface area contributed by atoms with Crippen molar-refractivity contribution >= 4 is 39.4 Å². The molecule has 2 amide bonds. The first-order valence-corrected chi connectivity index (χ1v) is 12.7. The van der Waals surface area contributed by atoms with E-state index in [1.807, 2.05) is 17.5 Å². The van der Waals surface area contributed by atoms with Crippen molar-refractivity contribution in [2.24, 2.45) is 0 Å². The smallest absolute Gasteiger partial charge is 0.322 e. The SMILES string of the molecule is COc1ccc(NC(=O)N2CCN(Cc3cc(=O)n4nc(-c5cccs5)sc4n3)CC2)c(OC)c1. The van der Waals surface area contributed by atoms with Crippen LogP contribution in [0.1, 0.15) is 5.69 Å². The molecule has 10 nitrogen and oxygen atoms in total. The maximum Gasteiger partial charge on any atom is 0.322 e. The molecular weight excluding hydrogens is 488 g/mol. The molecule has 1 aromatic carbocycles. The summed E-state index contributed by atoms with van der Waals surface area (Å²) >= 11 is 2.99. The number of carbonyl (C=O) groups is 1. The van der Waals surface area contributed by atoms with Crippen molar-refractivity contribution in [1.29, 1.82) is 0 Å². The van der Waals surface area contributed by atoms with E-state index >= 15 is 0 Å². The Morgan fingerprint density at radius 2 is 1.94 bits per heavy atom. The fraction of sp³-hybridized carbons (Fsp3) is 0.304. The van der Waals surface area contributed by atoms with Crippen LogP contribution in [0.5, 0.6) is 11.5 Å². The van der Waals surface area contributed by atoms with Crippen LogP contribution in [-0.2, 0) is 6.54 Å². The van der Waals surface area contributed by atoms with E-state index < -0.39 is 0 Å². The van der Waals surface area contributed by atoms with Gasteiger partial charge in [-0.05, 0) is 23.6 Å². The number of aromatic nitrogens is 3. The van der Waals surface area contributed by atoms with Gasteiger partial charge in [0.25, 0.3) is 5.56 Å². The quantitative estimate of drug-likeness (QED) is 0.423. The number of nitrogens with zero attached hydrogens (tertiary/aromatic N) is 5. The second-order valence-corrected chi connectivity index (χ2v) is 9.83. The Morgan fingerprint density at radius 1 is 1.11 bits per heavy atom. The second-order valence-electron chi connectivity index (χ2n) is 7.92. The topological polar surface area (TPSA) is 101 Å². The van der Waals surface area contributed by atoms with Gasteiger partial charge in [-0.25, -0.2) is 9.78 Å². The van der Waals surface area contributed by atoms with Crippen LogP contribution in [0.25, 0.3) is 14.8 Å². The zero-order valence-corrected chi connectivity index (χ0v) is 20.9. The van der Waals surface area contributed by atoms with Gasteiger partial charge in [-0.1, -0.05) is 17.4 Å².